The van der Waals surface area contributed by atoms with Crippen molar-refractivity contribution < 1.29 is 13.2 Å². The number of likely N-dealkylation sites (tertiary alicyclic amines) is 1. The lowest BCUT2D eigenvalue weighted by Gasteiger charge is -2.39. The summed E-state index contributed by atoms with van der Waals surface area (Å²) < 4.78 is 23.2. The molecule has 166 valence electrons. The van der Waals surface area contributed by atoms with Crippen LogP contribution in [0.15, 0.2) is 24.3 Å². The third-order valence-corrected chi connectivity index (χ3v) is 9.34. The fourth-order valence-electron chi connectivity index (χ4n) is 5.74. The van der Waals surface area contributed by atoms with Crippen molar-refractivity contribution in [3.8, 4) is 0 Å². The number of hydrogen-bond acceptors (Lipinski definition) is 4. The standard InChI is InChI=1S/C24H36N2O3S/c1-19-4-6-21(7-5-19)24(11-2-3-12-24)18-26-13-8-22(9-14-26)25-23(27)16-20-10-15-30(28,29)17-20/h4-7,20,22H,2-3,8-18H2,1H3,(H,25,27). The second kappa shape index (κ2) is 8.99. The SMILES string of the molecule is Cc1ccc(C2(CN3CCC(NC(=O)CC4CCS(=O)(=O)C4)CC3)CCCC2)cc1. The number of benzene rings is 1. The zero-order valence-electron chi connectivity index (χ0n) is 18.2. The minimum Gasteiger partial charge on any atom is -0.353 e. The first-order valence-corrected chi connectivity index (χ1v) is 13.5. The van der Waals surface area contributed by atoms with Crippen LogP contribution in [0.5, 0.6) is 0 Å². The quantitative estimate of drug-likeness (QED) is 0.750. The second-order valence-electron chi connectivity index (χ2n) is 9.94. The number of amides is 1. The molecular weight excluding hydrogens is 396 g/mol. The van der Waals surface area contributed by atoms with Crippen molar-refractivity contribution in [1.82, 2.24) is 10.2 Å². The number of hydrogen-bond donors (Lipinski definition) is 1. The van der Waals surface area contributed by atoms with Crippen LogP contribution < -0.4 is 5.32 Å². The third-order valence-electron chi connectivity index (χ3n) is 7.50. The van der Waals surface area contributed by atoms with Gasteiger partial charge in [0.2, 0.25) is 5.91 Å². The van der Waals surface area contributed by atoms with Gasteiger partial charge >= 0.3 is 0 Å². The van der Waals surface area contributed by atoms with Gasteiger partial charge in [0.05, 0.1) is 11.5 Å². The highest BCUT2D eigenvalue weighted by Gasteiger charge is 2.38. The molecule has 0 bridgehead atoms. The maximum Gasteiger partial charge on any atom is 0.220 e. The number of carbonyl (C=O) groups excluding carboxylic acids is 1. The smallest absolute Gasteiger partial charge is 0.220 e. The molecule has 1 aliphatic carbocycles. The summed E-state index contributed by atoms with van der Waals surface area (Å²) in [6.07, 6.45) is 8.14. The Labute approximate surface area is 181 Å². The molecule has 2 heterocycles. The molecule has 6 heteroatoms. The van der Waals surface area contributed by atoms with Crippen LogP contribution in [-0.4, -0.2) is 56.4 Å². The summed E-state index contributed by atoms with van der Waals surface area (Å²) in [6, 6.07) is 9.37. The van der Waals surface area contributed by atoms with E-state index in [2.05, 4.69) is 41.4 Å². The van der Waals surface area contributed by atoms with Gasteiger partial charge in [-0.25, -0.2) is 8.42 Å². The summed E-state index contributed by atoms with van der Waals surface area (Å²) in [5, 5.41) is 3.17. The summed E-state index contributed by atoms with van der Waals surface area (Å²) in [5.41, 5.74) is 3.10. The molecule has 2 saturated heterocycles. The van der Waals surface area contributed by atoms with E-state index in [1.54, 1.807) is 0 Å². The fourth-order valence-corrected chi connectivity index (χ4v) is 7.60. The molecule has 0 aromatic heterocycles. The summed E-state index contributed by atoms with van der Waals surface area (Å²) in [6.45, 7) is 5.32. The maximum atomic E-state index is 12.4. The number of aryl methyl sites for hydroxylation is 1. The van der Waals surface area contributed by atoms with Crippen LogP contribution in [0.1, 0.15) is 62.5 Å². The van der Waals surface area contributed by atoms with Gasteiger partial charge in [-0.1, -0.05) is 42.7 Å². The van der Waals surface area contributed by atoms with E-state index in [1.807, 2.05) is 0 Å². The molecule has 5 nitrogen and oxygen atoms in total. The summed E-state index contributed by atoms with van der Waals surface area (Å²) in [4.78, 5) is 15.0. The third kappa shape index (κ3) is 5.25. The van der Waals surface area contributed by atoms with Gasteiger partial charge < -0.3 is 10.2 Å². The van der Waals surface area contributed by atoms with E-state index in [1.165, 1.54) is 36.8 Å². The average Bonchev–Trinajstić information content (AvgIpc) is 3.30. The van der Waals surface area contributed by atoms with Crippen molar-refractivity contribution in [3.63, 3.8) is 0 Å². The molecule has 1 aromatic carbocycles. The number of nitrogens with zero attached hydrogens (tertiary/aromatic N) is 1. The Kier molecular flexibility index (Phi) is 6.54. The second-order valence-corrected chi connectivity index (χ2v) is 12.2. The van der Waals surface area contributed by atoms with E-state index in [9.17, 15) is 13.2 Å². The summed E-state index contributed by atoms with van der Waals surface area (Å²) in [7, 11) is -2.91. The molecule has 4 rings (SSSR count). The molecule has 1 saturated carbocycles. The first-order chi connectivity index (χ1) is 14.3. The molecule has 1 unspecified atom stereocenters. The molecule has 1 N–H and O–H groups in total. The van der Waals surface area contributed by atoms with Crippen LogP contribution in [0, 0.1) is 12.8 Å². The lowest BCUT2D eigenvalue weighted by Crippen LogP contribution is -2.48. The van der Waals surface area contributed by atoms with E-state index in [4.69, 9.17) is 0 Å². The molecule has 3 aliphatic rings. The number of rotatable bonds is 6. The van der Waals surface area contributed by atoms with Gasteiger partial charge in [-0.2, -0.15) is 0 Å². The minimum absolute atomic E-state index is 0.00632. The molecule has 1 aromatic rings. The van der Waals surface area contributed by atoms with Gasteiger partial charge in [0, 0.05) is 37.5 Å². The van der Waals surface area contributed by atoms with Crippen LogP contribution in [-0.2, 0) is 20.0 Å². The Morgan fingerprint density at radius 2 is 1.77 bits per heavy atom. The summed E-state index contributed by atoms with van der Waals surface area (Å²) >= 11 is 0. The van der Waals surface area contributed by atoms with E-state index in [0.29, 0.717) is 12.8 Å². The Morgan fingerprint density at radius 1 is 1.10 bits per heavy atom. The van der Waals surface area contributed by atoms with Gasteiger partial charge in [-0.3, -0.25) is 4.79 Å². The first-order valence-electron chi connectivity index (χ1n) is 11.6. The lowest BCUT2D eigenvalue weighted by atomic mass is 9.77. The highest BCUT2D eigenvalue weighted by atomic mass is 32.2. The highest BCUT2D eigenvalue weighted by molar-refractivity contribution is 7.91. The minimum atomic E-state index is -2.91. The lowest BCUT2D eigenvalue weighted by molar-refractivity contribution is -0.122. The van der Waals surface area contributed by atoms with E-state index >= 15 is 0 Å². The van der Waals surface area contributed by atoms with Crippen molar-refractivity contribution in [1.29, 1.82) is 0 Å². The van der Waals surface area contributed by atoms with Crippen molar-refractivity contribution in [2.75, 3.05) is 31.1 Å². The van der Waals surface area contributed by atoms with Crippen LogP contribution in [0.25, 0.3) is 0 Å². The topological polar surface area (TPSA) is 66.5 Å². The first kappa shape index (κ1) is 21.8. The van der Waals surface area contributed by atoms with E-state index < -0.39 is 9.84 Å². The van der Waals surface area contributed by atoms with Gasteiger partial charge in [-0.15, -0.1) is 0 Å². The number of sulfone groups is 1. The van der Waals surface area contributed by atoms with Gasteiger partial charge in [0.25, 0.3) is 0 Å². The fraction of sp³-hybridized carbons (Fsp3) is 0.708. The predicted octanol–water partition coefficient (Wildman–Crippen LogP) is 3.21. The van der Waals surface area contributed by atoms with Crippen molar-refractivity contribution >= 4 is 15.7 Å². The van der Waals surface area contributed by atoms with Crippen LogP contribution in [0.4, 0.5) is 0 Å². The molecular formula is C24H36N2O3S. The molecule has 0 spiro atoms. The van der Waals surface area contributed by atoms with E-state index in [-0.39, 0.29) is 34.8 Å². The number of nitrogens with one attached hydrogen (secondary N) is 1. The normalized spacial score (nSPS) is 26.6. The zero-order chi connectivity index (χ0) is 21.2. The van der Waals surface area contributed by atoms with Crippen molar-refractivity contribution in [3.05, 3.63) is 35.4 Å². The molecule has 1 atom stereocenters. The van der Waals surface area contributed by atoms with Crippen LogP contribution >= 0.6 is 0 Å². The molecule has 1 amide bonds. The van der Waals surface area contributed by atoms with E-state index in [0.717, 1.165) is 32.5 Å². The number of piperidine rings is 1. The molecule has 0 radical (unpaired) electrons. The monoisotopic (exact) mass is 432 g/mol. The molecule has 30 heavy (non-hydrogen) atoms. The number of carbonyl (C=O) groups is 1. The predicted molar refractivity (Wildman–Crippen MR) is 120 cm³/mol. The van der Waals surface area contributed by atoms with Gasteiger partial charge in [0.1, 0.15) is 0 Å². The Balaban J connectivity index is 1.27. The molecule has 3 fully saturated rings. The maximum absolute atomic E-state index is 12.4. The van der Waals surface area contributed by atoms with Crippen molar-refractivity contribution in [2.45, 2.75) is 69.7 Å². The Morgan fingerprint density at radius 3 is 2.37 bits per heavy atom. The van der Waals surface area contributed by atoms with Crippen LogP contribution in [0.2, 0.25) is 0 Å². The largest absolute Gasteiger partial charge is 0.353 e. The van der Waals surface area contributed by atoms with Gasteiger partial charge in [-0.05, 0) is 50.5 Å². The summed E-state index contributed by atoms with van der Waals surface area (Å²) in [5.74, 6) is 0.459. The Hall–Kier alpha value is -1.40. The molecule has 2 aliphatic heterocycles. The van der Waals surface area contributed by atoms with Crippen molar-refractivity contribution in [2.24, 2.45) is 5.92 Å². The van der Waals surface area contributed by atoms with Crippen LogP contribution in [0.3, 0.4) is 0 Å². The van der Waals surface area contributed by atoms with Gasteiger partial charge in [0.15, 0.2) is 9.84 Å². The zero-order valence-corrected chi connectivity index (χ0v) is 19.1. The Bertz CT molecular complexity index is 836. The average molecular weight is 433 g/mol. The highest BCUT2D eigenvalue weighted by Crippen LogP contribution is 2.42.